The molecule has 3 heteroatoms. The van der Waals surface area contributed by atoms with Crippen LogP contribution >= 0.6 is 0 Å². The van der Waals surface area contributed by atoms with Gasteiger partial charge in [-0.3, -0.25) is 9.59 Å². The highest BCUT2D eigenvalue weighted by atomic mass is 16.4. The van der Waals surface area contributed by atoms with Gasteiger partial charge in [0.2, 0.25) is 0 Å². The van der Waals surface area contributed by atoms with Gasteiger partial charge in [0.1, 0.15) is 5.78 Å². The van der Waals surface area contributed by atoms with E-state index >= 15 is 0 Å². The number of rotatable bonds is 2. The number of carboxylic acids is 1. The summed E-state index contributed by atoms with van der Waals surface area (Å²) < 4.78 is 0. The number of carbonyl (C=O) groups excluding carboxylic acids is 1. The SMILES string of the molecule is CC(=O)[C@@H]1CCCC[C@@H]1C(=O)O. The van der Waals surface area contributed by atoms with Gasteiger partial charge in [0.05, 0.1) is 5.92 Å². The summed E-state index contributed by atoms with van der Waals surface area (Å²) in [6.07, 6.45) is 3.36. The van der Waals surface area contributed by atoms with Crippen LogP contribution in [-0.4, -0.2) is 16.9 Å². The van der Waals surface area contributed by atoms with Crippen LogP contribution in [0.5, 0.6) is 0 Å². The monoisotopic (exact) mass is 170 g/mol. The normalized spacial score (nSPS) is 29.8. The molecule has 1 aliphatic carbocycles. The third-order valence-electron chi connectivity index (χ3n) is 2.61. The molecule has 0 aromatic rings. The van der Waals surface area contributed by atoms with E-state index in [0.717, 1.165) is 19.3 Å². The van der Waals surface area contributed by atoms with Crippen molar-refractivity contribution in [3.8, 4) is 0 Å². The predicted molar refractivity (Wildman–Crippen MR) is 43.8 cm³/mol. The molecule has 0 amide bonds. The molecule has 0 saturated heterocycles. The average molecular weight is 170 g/mol. The van der Waals surface area contributed by atoms with Crippen LogP contribution in [0.1, 0.15) is 32.6 Å². The van der Waals surface area contributed by atoms with Crippen LogP contribution in [-0.2, 0) is 9.59 Å². The second-order valence-corrected chi connectivity index (χ2v) is 3.45. The van der Waals surface area contributed by atoms with Gasteiger partial charge in [-0.2, -0.15) is 0 Å². The summed E-state index contributed by atoms with van der Waals surface area (Å²) in [5.41, 5.74) is 0. The molecule has 0 spiro atoms. The first-order valence-corrected chi connectivity index (χ1v) is 4.36. The van der Waals surface area contributed by atoms with Gasteiger partial charge < -0.3 is 5.11 Å². The molecular formula is C9H14O3. The van der Waals surface area contributed by atoms with Gasteiger partial charge in [0.25, 0.3) is 0 Å². The molecule has 3 nitrogen and oxygen atoms in total. The Kier molecular flexibility index (Phi) is 2.84. The van der Waals surface area contributed by atoms with Crippen molar-refractivity contribution in [3.05, 3.63) is 0 Å². The van der Waals surface area contributed by atoms with Gasteiger partial charge in [0, 0.05) is 5.92 Å². The van der Waals surface area contributed by atoms with Crippen LogP contribution < -0.4 is 0 Å². The van der Waals surface area contributed by atoms with Crippen molar-refractivity contribution >= 4 is 11.8 Å². The topological polar surface area (TPSA) is 54.4 Å². The third kappa shape index (κ3) is 1.84. The molecule has 0 aromatic heterocycles. The Morgan fingerprint density at radius 3 is 2.00 bits per heavy atom. The van der Waals surface area contributed by atoms with Crippen LogP contribution in [0, 0.1) is 11.8 Å². The molecular weight excluding hydrogens is 156 g/mol. The fourth-order valence-electron chi connectivity index (χ4n) is 1.91. The third-order valence-corrected chi connectivity index (χ3v) is 2.61. The zero-order chi connectivity index (χ0) is 9.14. The molecule has 68 valence electrons. The zero-order valence-corrected chi connectivity index (χ0v) is 7.25. The van der Waals surface area contributed by atoms with Crippen molar-refractivity contribution in [3.63, 3.8) is 0 Å². The summed E-state index contributed by atoms with van der Waals surface area (Å²) >= 11 is 0. The number of Topliss-reactive ketones (excluding diaryl/α,β-unsaturated/α-hetero) is 1. The molecule has 0 aliphatic heterocycles. The molecule has 0 unspecified atom stereocenters. The van der Waals surface area contributed by atoms with E-state index in [1.807, 2.05) is 0 Å². The maximum absolute atomic E-state index is 11.1. The fraction of sp³-hybridized carbons (Fsp3) is 0.778. The van der Waals surface area contributed by atoms with E-state index in [2.05, 4.69) is 0 Å². The van der Waals surface area contributed by atoms with E-state index in [1.54, 1.807) is 0 Å². The molecule has 0 bridgehead atoms. The van der Waals surface area contributed by atoms with Crippen LogP contribution in [0.25, 0.3) is 0 Å². The van der Waals surface area contributed by atoms with Crippen LogP contribution in [0.2, 0.25) is 0 Å². The molecule has 0 aromatic carbocycles. The van der Waals surface area contributed by atoms with Gasteiger partial charge in [-0.05, 0) is 19.8 Å². The summed E-state index contributed by atoms with van der Waals surface area (Å²) in [4.78, 5) is 21.8. The summed E-state index contributed by atoms with van der Waals surface area (Å²) in [5, 5.41) is 8.81. The molecule has 12 heavy (non-hydrogen) atoms. The summed E-state index contributed by atoms with van der Waals surface area (Å²) in [7, 11) is 0. The highest BCUT2D eigenvalue weighted by Gasteiger charge is 2.33. The van der Waals surface area contributed by atoms with E-state index in [9.17, 15) is 9.59 Å². The fourth-order valence-corrected chi connectivity index (χ4v) is 1.91. The highest BCUT2D eigenvalue weighted by molar-refractivity contribution is 5.84. The Bertz CT molecular complexity index is 176. The number of hydrogen-bond donors (Lipinski definition) is 1. The molecule has 0 heterocycles. The highest BCUT2D eigenvalue weighted by Crippen LogP contribution is 2.30. The lowest BCUT2D eigenvalue weighted by Crippen LogP contribution is -2.31. The number of carboxylic acid groups (broad SMARTS) is 1. The summed E-state index contributed by atoms with van der Waals surface area (Å²) in [6.45, 7) is 1.49. The number of aliphatic carboxylic acids is 1. The van der Waals surface area contributed by atoms with E-state index in [1.165, 1.54) is 6.92 Å². The van der Waals surface area contributed by atoms with Crippen molar-refractivity contribution in [2.24, 2.45) is 11.8 Å². The van der Waals surface area contributed by atoms with E-state index in [-0.39, 0.29) is 11.7 Å². The molecule has 1 saturated carbocycles. The molecule has 0 radical (unpaired) electrons. The Morgan fingerprint density at radius 1 is 1.17 bits per heavy atom. The van der Waals surface area contributed by atoms with Crippen LogP contribution in [0.15, 0.2) is 0 Å². The quantitative estimate of drug-likeness (QED) is 0.682. The Hall–Kier alpha value is -0.860. The van der Waals surface area contributed by atoms with Gasteiger partial charge in [0.15, 0.2) is 0 Å². The first-order valence-electron chi connectivity index (χ1n) is 4.36. The molecule has 2 atom stereocenters. The first kappa shape index (κ1) is 9.23. The lowest BCUT2D eigenvalue weighted by molar-refractivity contribution is -0.148. The average Bonchev–Trinajstić information content (AvgIpc) is 2.04. The van der Waals surface area contributed by atoms with Crippen molar-refractivity contribution in [1.29, 1.82) is 0 Å². The lowest BCUT2D eigenvalue weighted by Gasteiger charge is -2.25. The van der Waals surface area contributed by atoms with Crippen molar-refractivity contribution < 1.29 is 14.7 Å². The van der Waals surface area contributed by atoms with Gasteiger partial charge in [-0.25, -0.2) is 0 Å². The molecule has 1 N–H and O–H groups in total. The zero-order valence-electron chi connectivity index (χ0n) is 7.25. The molecule has 1 aliphatic rings. The first-order chi connectivity index (χ1) is 5.63. The van der Waals surface area contributed by atoms with Gasteiger partial charge in [-0.15, -0.1) is 0 Å². The Labute approximate surface area is 71.8 Å². The van der Waals surface area contributed by atoms with Crippen molar-refractivity contribution in [2.45, 2.75) is 32.6 Å². The van der Waals surface area contributed by atoms with E-state index in [4.69, 9.17) is 5.11 Å². The van der Waals surface area contributed by atoms with Crippen LogP contribution in [0.4, 0.5) is 0 Å². The Balaban J connectivity index is 2.67. The van der Waals surface area contributed by atoms with E-state index in [0.29, 0.717) is 6.42 Å². The predicted octanol–water partition coefficient (Wildman–Crippen LogP) is 1.47. The minimum Gasteiger partial charge on any atom is -0.481 e. The maximum Gasteiger partial charge on any atom is 0.307 e. The largest absolute Gasteiger partial charge is 0.481 e. The van der Waals surface area contributed by atoms with Crippen molar-refractivity contribution in [2.75, 3.05) is 0 Å². The molecule has 1 fully saturated rings. The lowest BCUT2D eigenvalue weighted by atomic mass is 9.77. The molecule has 1 rings (SSSR count). The van der Waals surface area contributed by atoms with Crippen LogP contribution in [0.3, 0.4) is 0 Å². The summed E-state index contributed by atoms with van der Waals surface area (Å²) in [5.74, 6) is -1.43. The standard InChI is InChI=1S/C9H14O3/c1-6(10)7-4-2-3-5-8(7)9(11)12/h7-8H,2-5H2,1H3,(H,11,12)/t7-,8-/m0/s1. The van der Waals surface area contributed by atoms with Gasteiger partial charge in [-0.1, -0.05) is 12.8 Å². The smallest absolute Gasteiger partial charge is 0.307 e. The second kappa shape index (κ2) is 3.70. The Morgan fingerprint density at radius 2 is 1.67 bits per heavy atom. The number of ketones is 1. The van der Waals surface area contributed by atoms with E-state index < -0.39 is 11.9 Å². The number of carbonyl (C=O) groups is 2. The van der Waals surface area contributed by atoms with Crippen molar-refractivity contribution in [1.82, 2.24) is 0 Å². The minimum absolute atomic E-state index is 0.0297. The maximum atomic E-state index is 11.1. The minimum atomic E-state index is -0.810. The van der Waals surface area contributed by atoms with Gasteiger partial charge >= 0.3 is 5.97 Å². The second-order valence-electron chi connectivity index (χ2n) is 3.45. The number of hydrogen-bond acceptors (Lipinski definition) is 2. The summed E-state index contributed by atoms with van der Waals surface area (Å²) in [6, 6.07) is 0.